The highest BCUT2D eigenvalue weighted by atomic mass is 19.1. The molecule has 0 fully saturated rings. The highest BCUT2D eigenvalue weighted by molar-refractivity contribution is 5.93. The van der Waals surface area contributed by atoms with Crippen molar-refractivity contribution < 1.29 is 18.3 Å². The van der Waals surface area contributed by atoms with Crippen molar-refractivity contribution in [3.05, 3.63) is 54.1 Å². The van der Waals surface area contributed by atoms with Crippen molar-refractivity contribution in [1.82, 2.24) is 0 Å². The summed E-state index contributed by atoms with van der Waals surface area (Å²) in [5, 5.41) is 2.90. The van der Waals surface area contributed by atoms with Crippen LogP contribution in [0.25, 0.3) is 0 Å². The minimum atomic E-state index is -0.755. The van der Waals surface area contributed by atoms with Crippen LogP contribution >= 0.6 is 0 Å². The number of halogens is 2. The van der Waals surface area contributed by atoms with Crippen molar-refractivity contribution in [3.63, 3.8) is 0 Å². The first-order valence-corrected chi connectivity index (χ1v) is 6.88. The zero-order chi connectivity index (χ0) is 16.7. The first-order chi connectivity index (χ1) is 11.1. The predicted octanol–water partition coefficient (Wildman–Crippen LogP) is 2.78. The molecule has 5 nitrogen and oxygen atoms in total. The fraction of sp³-hybridized carbons (Fsp3) is 0.188. The molecule has 0 amide bonds. The van der Waals surface area contributed by atoms with Crippen LogP contribution in [0.1, 0.15) is 0 Å². The van der Waals surface area contributed by atoms with Gasteiger partial charge in [-0.25, -0.2) is 13.8 Å². The van der Waals surface area contributed by atoms with Crippen LogP contribution in [-0.4, -0.2) is 26.2 Å². The largest absolute Gasteiger partial charge is 0.495 e. The van der Waals surface area contributed by atoms with Crippen LogP contribution in [0, 0.1) is 11.6 Å². The molecule has 0 atom stereocenters. The van der Waals surface area contributed by atoms with Crippen molar-refractivity contribution in [1.29, 1.82) is 0 Å². The van der Waals surface area contributed by atoms with Crippen molar-refractivity contribution >= 4 is 11.6 Å². The van der Waals surface area contributed by atoms with Gasteiger partial charge in [-0.3, -0.25) is 0 Å². The molecule has 3 N–H and O–H groups in total. The number of aliphatic imine (C=N–C) groups is 1. The van der Waals surface area contributed by atoms with Crippen molar-refractivity contribution in [3.8, 4) is 11.5 Å². The molecule has 7 heteroatoms. The molecule has 0 unspecified atom stereocenters. The van der Waals surface area contributed by atoms with Crippen molar-refractivity contribution in [2.45, 2.75) is 0 Å². The van der Waals surface area contributed by atoms with Crippen LogP contribution in [0.2, 0.25) is 0 Å². The van der Waals surface area contributed by atoms with Gasteiger partial charge in [0.15, 0.2) is 17.5 Å². The molecule has 0 aliphatic carbocycles. The zero-order valence-electron chi connectivity index (χ0n) is 12.6. The van der Waals surface area contributed by atoms with Crippen LogP contribution < -0.4 is 20.5 Å². The van der Waals surface area contributed by atoms with E-state index in [-0.39, 0.29) is 24.9 Å². The molecule has 0 bridgehead atoms. The third-order valence-corrected chi connectivity index (χ3v) is 2.89. The lowest BCUT2D eigenvalue weighted by molar-refractivity contribution is 0.310. The lowest BCUT2D eigenvalue weighted by atomic mass is 10.3. The number of nitrogens with zero attached hydrogens (tertiary/aromatic N) is 1. The second-order valence-corrected chi connectivity index (χ2v) is 4.52. The van der Waals surface area contributed by atoms with E-state index >= 15 is 0 Å². The number of hydrogen-bond acceptors (Lipinski definition) is 3. The molecule has 2 rings (SSSR count). The number of guanidine groups is 1. The Labute approximate surface area is 132 Å². The maximum absolute atomic E-state index is 13.4. The van der Waals surface area contributed by atoms with Gasteiger partial charge in [0, 0.05) is 6.07 Å². The Morgan fingerprint density at radius 1 is 1.17 bits per heavy atom. The molecule has 0 aliphatic heterocycles. The minimum absolute atomic E-state index is 0.0298. The third-order valence-electron chi connectivity index (χ3n) is 2.89. The molecular weight excluding hydrogens is 304 g/mol. The van der Waals surface area contributed by atoms with Gasteiger partial charge in [0.05, 0.1) is 19.3 Å². The summed E-state index contributed by atoms with van der Waals surface area (Å²) < 4.78 is 36.5. The number of rotatable bonds is 6. The van der Waals surface area contributed by atoms with Crippen LogP contribution in [0.4, 0.5) is 14.5 Å². The summed E-state index contributed by atoms with van der Waals surface area (Å²) in [4.78, 5) is 4.06. The minimum Gasteiger partial charge on any atom is -0.495 e. The van der Waals surface area contributed by atoms with Gasteiger partial charge in [0.25, 0.3) is 0 Å². The Morgan fingerprint density at radius 2 is 1.96 bits per heavy atom. The van der Waals surface area contributed by atoms with Gasteiger partial charge in [-0.15, -0.1) is 0 Å². The number of nitrogens with two attached hydrogens (primary N) is 1. The van der Waals surface area contributed by atoms with Crippen molar-refractivity contribution in [2.75, 3.05) is 25.6 Å². The molecule has 2 aromatic rings. The molecular formula is C16H17F2N3O2. The molecule has 2 aromatic carbocycles. The third kappa shape index (κ3) is 4.84. The van der Waals surface area contributed by atoms with E-state index in [9.17, 15) is 8.78 Å². The highest BCUT2D eigenvalue weighted by Gasteiger charge is 2.05. The van der Waals surface area contributed by atoms with Crippen molar-refractivity contribution in [2.24, 2.45) is 10.7 Å². The van der Waals surface area contributed by atoms with Gasteiger partial charge in [0.2, 0.25) is 0 Å². The maximum atomic E-state index is 13.4. The first kappa shape index (κ1) is 16.5. The summed E-state index contributed by atoms with van der Waals surface area (Å²) in [5.74, 6) is -0.627. The molecule has 23 heavy (non-hydrogen) atoms. The van der Waals surface area contributed by atoms with E-state index in [2.05, 4.69) is 10.3 Å². The highest BCUT2D eigenvalue weighted by Crippen LogP contribution is 2.22. The number of methoxy groups -OCH3 is 1. The van der Waals surface area contributed by atoms with E-state index in [0.29, 0.717) is 11.4 Å². The summed E-state index contributed by atoms with van der Waals surface area (Å²) in [7, 11) is 1.55. The SMILES string of the molecule is COc1ccccc1NC(N)=NCCOc1ccc(F)cc1F. The van der Waals surface area contributed by atoms with E-state index in [4.69, 9.17) is 15.2 Å². The molecule has 0 heterocycles. The lowest BCUT2D eigenvalue weighted by Crippen LogP contribution is -2.23. The molecule has 0 aromatic heterocycles. The average Bonchev–Trinajstić information content (AvgIpc) is 2.53. The Bertz CT molecular complexity index is 693. The van der Waals surface area contributed by atoms with E-state index in [0.717, 1.165) is 12.1 Å². The smallest absolute Gasteiger partial charge is 0.193 e. The van der Waals surface area contributed by atoms with E-state index < -0.39 is 11.6 Å². The standard InChI is InChI=1S/C16H17F2N3O2/c1-22-15-5-3-2-4-13(15)21-16(19)20-8-9-23-14-7-6-11(17)10-12(14)18/h2-7,10H,8-9H2,1H3,(H3,19,20,21). The molecule has 0 spiro atoms. The Hall–Kier alpha value is -2.83. The second-order valence-electron chi connectivity index (χ2n) is 4.52. The summed E-state index contributed by atoms with van der Waals surface area (Å²) in [6, 6.07) is 10.4. The van der Waals surface area contributed by atoms with E-state index in [1.807, 2.05) is 12.1 Å². The Kier molecular flexibility index (Phi) is 5.74. The van der Waals surface area contributed by atoms with E-state index in [1.54, 1.807) is 19.2 Å². The number of hydrogen-bond donors (Lipinski definition) is 2. The van der Waals surface area contributed by atoms with Crippen LogP contribution in [0.15, 0.2) is 47.5 Å². The topological polar surface area (TPSA) is 68.9 Å². The Morgan fingerprint density at radius 3 is 2.70 bits per heavy atom. The second kappa shape index (κ2) is 7.98. The van der Waals surface area contributed by atoms with Gasteiger partial charge in [-0.05, 0) is 24.3 Å². The fourth-order valence-electron chi connectivity index (χ4n) is 1.84. The number of nitrogens with one attached hydrogen (secondary N) is 1. The lowest BCUT2D eigenvalue weighted by Gasteiger charge is -2.10. The monoisotopic (exact) mass is 321 g/mol. The zero-order valence-corrected chi connectivity index (χ0v) is 12.6. The molecule has 0 radical (unpaired) electrons. The summed E-state index contributed by atoms with van der Waals surface area (Å²) in [6.07, 6.45) is 0. The Balaban J connectivity index is 1.85. The average molecular weight is 321 g/mol. The van der Waals surface area contributed by atoms with Crippen LogP contribution in [0.3, 0.4) is 0 Å². The van der Waals surface area contributed by atoms with E-state index in [1.165, 1.54) is 6.07 Å². The molecule has 122 valence electrons. The number of para-hydroxylation sites is 2. The fourth-order valence-corrected chi connectivity index (χ4v) is 1.84. The number of benzene rings is 2. The number of anilines is 1. The summed E-state index contributed by atoms with van der Waals surface area (Å²) in [6.45, 7) is 0.321. The predicted molar refractivity (Wildman–Crippen MR) is 85.0 cm³/mol. The van der Waals surface area contributed by atoms with Gasteiger partial charge >= 0.3 is 0 Å². The van der Waals surface area contributed by atoms with Gasteiger partial charge in [-0.2, -0.15) is 0 Å². The summed E-state index contributed by atoms with van der Waals surface area (Å²) in [5.41, 5.74) is 6.44. The summed E-state index contributed by atoms with van der Waals surface area (Å²) >= 11 is 0. The van der Waals surface area contributed by atoms with Gasteiger partial charge < -0.3 is 20.5 Å². The normalized spacial score (nSPS) is 11.2. The quantitative estimate of drug-likeness (QED) is 0.488. The van der Waals surface area contributed by atoms with Crippen LogP contribution in [-0.2, 0) is 0 Å². The molecule has 0 aliphatic rings. The van der Waals surface area contributed by atoms with Crippen LogP contribution in [0.5, 0.6) is 11.5 Å². The molecule has 0 saturated carbocycles. The maximum Gasteiger partial charge on any atom is 0.193 e. The van der Waals surface area contributed by atoms with Gasteiger partial charge in [0.1, 0.15) is 18.2 Å². The van der Waals surface area contributed by atoms with Gasteiger partial charge in [-0.1, -0.05) is 12.1 Å². The number of ether oxygens (including phenoxy) is 2. The first-order valence-electron chi connectivity index (χ1n) is 6.88. The molecule has 0 saturated heterocycles.